The van der Waals surface area contributed by atoms with Gasteiger partial charge >= 0.3 is 5.69 Å². The minimum Gasteiger partial charge on any atom is -0.383 e. The number of aromatic nitrogens is 2. The second-order valence-electron chi connectivity index (χ2n) is 3.71. The average molecular weight is 215 g/mol. The summed E-state index contributed by atoms with van der Waals surface area (Å²) in [5.74, 6) is 0.300. The van der Waals surface area contributed by atoms with Crippen molar-refractivity contribution in [3.8, 4) is 0 Å². The van der Waals surface area contributed by atoms with Crippen LogP contribution in [0, 0.1) is 6.92 Å². The molecule has 16 heavy (non-hydrogen) atoms. The van der Waals surface area contributed by atoms with Crippen LogP contribution in [0.1, 0.15) is 11.1 Å². The fourth-order valence-corrected chi connectivity index (χ4v) is 1.50. The van der Waals surface area contributed by atoms with Crippen molar-refractivity contribution in [2.45, 2.75) is 13.5 Å². The van der Waals surface area contributed by atoms with Crippen LogP contribution in [0.4, 0.5) is 5.82 Å². The molecule has 0 spiro atoms. The van der Waals surface area contributed by atoms with E-state index in [2.05, 4.69) is 4.98 Å². The summed E-state index contributed by atoms with van der Waals surface area (Å²) in [7, 11) is 0. The van der Waals surface area contributed by atoms with Crippen LogP contribution >= 0.6 is 0 Å². The van der Waals surface area contributed by atoms with Gasteiger partial charge in [-0.25, -0.2) is 4.79 Å². The molecule has 0 saturated carbocycles. The Bertz CT molecular complexity index is 546. The first kappa shape index (κ1) is 10.4. The molecule has 0 bridgehead atoms. The minimum absolute atomic E-state index is 0.300. The van der Waals surface area contributed by atoms with E-state index < -0.39 is 0 Å². The Morgan fingerprint density at radius 3 is 2.69 bits per heavy atom. The Morgan fingerprint density at radius 1 is 1.31 bits per heavy atom. The highest BCUT2D eigenvalue weighted by molar-refractivity contribution is 5.35. The second kappa shape index (κ2) is 4.18. The van der Waals surface area contributed by atoms with Crippen molar-refractivity contribution in [1.29, 1.82) is 0 Å². The van der Waals surface area contributed by atoms with Crippen molar-refractivity contribution in [2.24, 2.45) is 0 Å². The predicted octanol–water partition coefficient (Wildman–Crippen LogP) is 1.18. The van der Waals surface area contributed by atoms with Crippen LogP contribution in [0.5, 0.6) is 0 Å². The lowest BCUT2D eigenvalue weighted by Crippen LogP contribution is -2.24. The van der Waals surface area contributed by atoms with E-state index in [9.17, 15) is 4.79 Å². The third-order valence-electron chi connectivity index (χ3n) is 2.41. The molecule has 0 aliphatic heterocycles. The maximum absolute atomic E-state index is 11.6. The fourth-order valence-electron chi connectivity index (χ4n) is 1.50. The largest absolute Gasteiger partial charge is 0.383 e. The molecule has 0 unspecified atom stereocenters. The summed E-state index contributed by atoms with van der Waals surface area (Å²) in [6.45, 7) is 2.36. The Hall–Kier alpha value is -2.10. The summed E-state index contributed by atoms with van der Waals surface area (Å²) < 4.78 is 1.56. The van der Waals surface area contributed by atoms with Gasteiger partial charge in [-0.1, -0.05) is 30.3 Å². The quantitative estimate of drug-likeness (QED) is 0.818. The van der Waals surface area contributed by atoms with Crippen LogP contribution in [0.15, 0.2) is 41.3 Å². The SMILES string of the molecule is Cc1cn(Cc2ccccc2)c(=O)nc1N. The van der Waals surface area contributed by atoms with E-state index in [0.29, 0.717) is 12.4 Å². The molecule has 1 aromatic carbocycles. The van der Waals surface area contributed by atoms with Crippen molar-refractivity contribution in [1.82, 2.24) is 9.55 Å². The van der Waals surface area contributed by atoms with Gasteiger partial charge in [-0.2, -0.15) is 4.98 Å². The standard InChI is InChI=1S/C12H13N3O/c1-9-7-15(12(16)14-11(9)13)8-10-5-3-2-4-6-10/h2-7H,8H2,1H3,(H2,13,14,16). The molecular weight excluding hydrogens is 202 g/mol. The lowest BCUT2D eigenvalue weighted by atomic mass is 10.2. The molecule has 4 nitrogen and oxygen atoms in total. The third kappa shape index (κ3) is 2.11. The first-order chi connectivity index (χ1) is 7.66. The average Bonchev–Trinajstić information content (AvgIpc) is 2.27. The monoisotopic (exact) mass is 215 g/mol. The molecule has 1 heterocycles. The van der Waals surface area contributed by atoms with Crippen molar-refractivity contribution in [3.05, 3.63) is 58.1 Å². The maximum Gasteiger partial charge on any atom is 0.349 e. The number of hydrogen-bond donors (Lipinski definition) is 1. The van der Waals surface area contributed by atoms with E-state index in [0.717, 1.165) is 11.1 Å². The molecule has 2 N–H and O–H groups in total. The zero-order valence-corrected chi connectivity index (χ0v) is 9.05. The predicted molar refractivity (Wildman–Crippen MR) is 63.2 cm³/mol. The Morgan fingerprint density at radius 2 is 2.00 bits per heavy atom. The second-order valence-corrected chi connectivity index (χ2v) is 3.71. The number of rotatable bonds is 2. The van der Waals surface area contributed by atoms with Crippen LogP contribution in [0.3, 0.4) is 0 Å². The molecule has 2 rings (SSSR count). The Balaban J connectivity index is 2.36. The molecule has 0 atom stereocenters. The van der Waals surface area contributed by atoms with Crippen LogP contribution in [-0.2, 0) is 6.54 Å². The molecule has 0 amide bonds. The zero-order valence-electron chi connectivity index (χ0n) is 9.05. The summed E-state index contributed by atoms with van der Waals surface area (Å²) in [4.78, 5) is 15.3. The topological polar surface area (TPSA) is 60.9 Å². The van der Waals surface area contributed by atoms with Crippen molar-refractivity contribution in [3.63, 3.8) is 0 Å². The minimum atomic E-state index is -0.313. The number of nitrogen functional groups attached to an aromatic ring is 1. The number of nitrogens with two attached hydrogens (primary N) is 1. The van der Waals surface area contributed by atoms with Crippen molar-refractivity contribution in [2.75, 3.05) is 5.73 Å². The molecule has 0 radical (unpaired) electrons. The summed E-state index contributed by atoms with van der Waals surface area (Å²) in [5, 5.41) is 0. The molecule has 82 valence electrons. The van der Waals surface area contributed by atoms with Crippen LogP contribution in [-0.4, -0.2) is 9.55 Å². The molecule has 1 aromatic heterocycles. The lowest BCUT2D eigenvalue weighted by molar-refractivity contribution is 0.724. The van der Waals surface area contributed by atoms with Gasteiger partial charge in [-0.15, -0.1) is 0 Å². The van der Waals surface area contributed by atoms with E-state index in [1.54, 1.807) is 10.8 Å². The van der Waals surface area contributed by atoms with Crippen LogP contribution in [0.2, 0.25) is 0 Å². The van der Waals surface area contributed by atoms with E-state index in [4.69, 9.17) is 5.73 Å². The number of anilines is 1. The molecule has 0 fully saturated rings. The van der Waals surface area contributed by atoms with Gasteiger partial charge < -0.3 is 5.73 Å². The van der Waals surface area contributed by atoms with E-state index in [-0.39, 0.29) is 5.69 Å². The summed E-state index contributed by atoms with van der Waals surface area (Å²) in [5.41, 5.74) is 7.13. The first-order valence-electron chi connectivity index (χ1n) is 5.04. The van der Waals surface area contributed by atoms with Crippen molar-refractivity contribution >= 4 is 5.82 Å². The van der Waals surface area contributed by atoms with Crippen molar-refractivity contribution < 1.29 is 0 Å². The van der Waals surface area contributed by atoms with E-state index in [1.807, 2.05) is 37.3 Å². The normalized spacial score (nSPS) is 10.3. The Labute approximate surface area is 93.4 Å². The van der Waals surface area contributed by atoms with Gasteiger partial charge in [0.1, 0.15) is 5.82 Å². The van der Waals surface area contributed by atoms with Gasteiger partial charge in [0, 0.05) is 11.8 Å². The molecule has 0 aliphatic carbocycles. The number of hydrogen-bond acceptors (Lipinski definition) is 3. The van der Waals surface area contributed by atoms with Gasteiger partial charge in [0.2, 0.25) is 0 Å². The first-order valence-corrected chi connectivity index (χ1v) is 5.04. The zero-order chi connectivity index (χ0) is 11.5. The highest BCUT2D eigenvalue weighted by atomic mass is 16.1. The van der Waals surface area contributed by atoms with Gasteiger partial charge in [-0.05, 0) is 12.5 Å². The maximum atomic E-state index is 11.6. The lowest BCUT2D eigenvalue weighted by Gasteiger charge is -2.07. The number of benzene rings is 1. The molecule has 4 heteroatoms. The van der Waals surface area contributed by atoms with Gasteiger partial charge in [0.15, 0.2) is 0 Å². The number of aryl methyl sites for hydroxylation is 1. The Kier molecular flexibility index (Phi) is 2.72. The molecule has 0 aliphatic rings. The highest BCUT2D eigenvalue weighted by Gasteiger charge is 2.02. The fraction of sp³-hybridized carbons (Fsp3) is 0.167. The number of nitrogens with zero attached hydrogens (tertiary/aromatic N) is 2. The van der Waals surface area contributed by atoms with Crippen LogP contribution in [0.25, 0.3) is 0 Å². The van der Waals surface area contributed by atoms with Gasteiger partial charge in [-0.3, -0.25) is 4.57 Å². The summed E-state index contributed by atoms with van der Waals surface area (Å²) in [6.07, 6.45) is 1.73. The summed E-state index contributed by atoms with van der Waals surface area (Å²) >= 11 is 0. The highest BCUT2D eigenvalue weighted by Crippen LogP contribution is 2.04. The van der Waals surface area contributed by atoms with Crippen LogP contribution < -0.4 is 11.4 Å². The molecule has 2 aromatic rings. The van der Waals surface area contributed by atoms with Gasteiger partial charge in [0.05, 0.1) is 6.54 Å². The third-order valence-corrected chi connectivity index (χ3v) is 2.41. The van der Waals surface area contributed by atoms with Gasteiger partial charge in [0.25, 0.3) is 0 Å². The molecular formula is C12H13N3O. The summed E-state index contributed by atoms with van der Waals surface area (Å²) in [6, 6.07) is 9.77. The smallest absolute Gasteiger partial charge is 0.349 e. The van der Waals surface area contributed by atoms with E-state index >= 15 is 0 Å². The van der Waals surface area contributed by atoms with E-state index in [1.165, 1.54) is 0 Å². The molecule has 0 saturated heterocycles.